The minimum Gasteiger partial charge on any atom is -0.490 e. The molecule has 21 heavy (non-hydrogen) atoms. The molecule has 0 bridgehead atoms. The molecule has 1 saturated carbocycles. The van der Waals surface area contributed by atoms with Crippen LogP contribution >= 0.6 is 0 Å². The summed E-state index contributed by atoms with van der Waals surface area (Å²) >= 11 is 0. The van der Waals surface area contributed by atoms with Gasteiger partial charge in [-0.05, 0) is 38.2 Å². The first-order chi connectivity index (χ1) is 10.2. The molecule has 1 aliphatic carbocycles. The molecule has 118 valence electrons. The van der Waals surface area contributed by atoms with E-state index in [-0.39, 0.29) is 0 Å². The summed E-state index contributed by atoms with van der Waals surface area (Å²) < 4.78 is 11.4. The van der Waals surface area contributed by atoms with Gasteiger partial charge in [0.25, 0.3) is 0 Å². The predicted molar refractivity (Wildman–Crippen MR) is 86.8 cm³/mol. The third kappa shape index (κ3) is 5.33. The van der Waals surface area contributed by atoms with Crippen LogP contribution in [0.3, 0.4) is 0 Å². The number of methoxy groups -OCH3 is 1. The van der Waals surface area contributed by atoms with Crippen LogP contribution in [-0.4, -0.2) is 26.4 Å². The third-order valence-corrected chi connectivity index (χ3v) is 4.20. The maximum Gasteiger partial charge on any atom is 0.124 e. The van der Waals surface area contributed by atoms with Gasteiger partial charge in [-0.1, -0.05) is 31.0 Å². The molecule has 0 heterocycles. The van der Waals surface area contributed by atoms with Gasteiger partial charge in [-0.3, -0.25) is 0 Å². The van der Waals surface area contributed by atoms with Crippen LogP contribution < -0.4 is 10.1 Å². The lowest BCUT2D eigenvalue weighted by Gasteiger charge is -2.28. The average molecular weight is 291 g/mol. The molecular weight excluding hydrogens is 262 g/mol. The van der Waals surface area contributed by atoms with Crippen molar-refractivity contribution in [3.8, 4) is 5.75 Å². The van der Waals surface area contributed by atoms with Crippen molar-refractivity contribution in [3.63, 3.8) is 0 Å². The fourth-order valence-corrected chi connectivity index (χ4v) is 3.02. The van der Waals surface area contributed by atoms with E-state index < -0.39 is 0 Å². The summed E-state index contributed by atoms with van der Waals surface area (Å²) in [6.07, 6.45) is 5.39. The van der Waals surface area contributed by atoms with E-state index in [1.54, 1.807) is 7.11 Å². The normalized spacial score (nSPS) is 22.2. The van der Waals surface area contributed by atoms with E-state index in [1.807, 2.05) is 0 Å². The second-order valence-electron chi connectivity index (χ2n) is 6.29. The molecular formula is C18H29NO2. The van der Waals surface area contributed by atoms with Crippen molar-refractivity contribution in [2.75, 3.05) is 20.3 Å². The van der Waals surface area contributed by atoms with Gasteiger partial charge in [-0.25, -0.2) is 0 Å². The zero-order valence-corrected chi connectivity index (χ0v) is 13.7. The lowest BCUT2D eigenvalue weighted by Crippen LogP contribution is -2.25. The molecule has 3 nitrogen and oxygen atoms in total. The zero-order valence-electron chi connectivity index (χ0n) is 13.7. The molecule has 1 aromatic carbocycles. The first-order valence-electron chi connectivity index (χ1n) is 8.15. The number of rotatable bonds is 7. The van der Waals surface area contributed by atoms with Crippen LogP contribution in [0.15, 0.2) is 18.2 Å². The summed E-state index contributed by atoms with van der Waals surface area (Å²) in [6, 6.07) is 6.49. The Morgan fingerprint density at radius 2 is 2.14 bits per heavy atom. The van der Waals surface area contributed by atoms with Crippen molar-refractivity contribution in [1.29, 1.82) is 0 Å². The third-order valence-electron chi connectivity index (χ3n) is 4.20. The van der Waals surface area contributed by atoms with Crippen LogP contribution in [0.1, 0.15) is 43.7 Å². The predicted octanol–water partition coefficient (Wildman–Crippen LogP) is 3.69. The molecule has 0 aliphatic heterocycles. The summed E-state index contributed by atoms with van der Waals surface area (Å²) in [5, 5.41) is 3.41. The van der Waals surface area contributed by atoms with Gasteiger partial charge in [0, 0.05) is 25.8 Å². The van der Waals surface area contributed by atoms with Gasteiger partial charge in [0.2, 0.25) is 0 Å². The molecule has 1 N–H and O–H groups in total. The van der Waals surface area contributed by atoms with Gasteiger partial charge < -0.3 is 14.8 Å². The molecule has 0 spiro atoms. The molecule has 0 radical (unpaired) electrons. The van der Waals surface area contributed by atoms with Crippen molar-refractivity contribution in [2.45, 2.75) is 52.2 Å². The molecule has 2 atom stereocenters. The van der Waals surface area contributed by atoms with E-state index in [9.17, 15) is 0 Å². The lowest BCUT2D eigenvalue weighted by atomic mass is 9.88. The van der Waals surface area contributed by atoms with Crippen molar-refractivity contribution in [3.05, 3.63) is 29.3 Å². The second kappa shape index (κ2) is 8.40. The fourth-order valence-electron chi connectivity index (χ4n) is 3.02. The molecule has 3 heteroatoms. The maximum absolute atomic E-state index is 6.30. The summed E-state index contributed by atoms with van der Waals surface area (Å²) in [5.41, 5.74) is 2.53. The summed E-state index contributed by atoms with van der Waals surface area (Å²) in [4.78, 5) is 0. The van der Waals surface area contributed by atoms with Gasteiger partial charge in [0.1, 0.15) is 5.75 Å². The Kier molecular flexibility index (Phi) is 6.52. The van der Waals surface area contributed by atoms with Crippen molar-refractivity contribution >= 4 is 0 Å². The summed E-state index contributed by atoms with van der Waals surface area (Å²) in [6.45, 7) is 6.90. The lowest BCUT2D eigenvalue weighted by molar-refractivity contribution is 0.127. The number of ether oxygens (including phenoxy) is 2. The summed E-state index contributed by atoms with van der Waals surface area (Å²) in [7, 11) is 1.73. The van der Waals surface area contributed by atoms with E-state index in [4.69, 9.17) is 9.47 Å². The number of hydrogen-bond acceptors (Lipinski definition) is 3. The van der Waals surface area contributed by atoms with Crippen molar-refractivity contribution < 1.29 is 9.47 Å². The average Bonchev–Trinajstić information content (AvgIpc) is 2.46. The Morgan fingerprint density at radius 3 is 2.90 bits per heavy atom. The Bertz CT molecular complexity index is 433. The van der Waals surface area contributed by atoms with Crippen LogP contribution in [0.4, 0.5) is 0 Å². The van der Waals surface area contributed by atoms with Gasteiger partial charge >= 0.3 is 0 Å². The van der Waals surface area contributed by atoms with Crippen molar-refractivity contribution in [2.24, 2.45) is 5.92 Å². The topological polar surface area (TPSA) is 30.5 Å². The van der Waals surface area contributed by atoms with E-state index in [1.165, 1.54) is 36.8 Å². The molecule has 1 aromatic rings. The fraction of sp³-hybridized carbons (Fsp3) is 0.667. The SMILES string of the molecule is COCCNCc1cc(C)ccc1OC1CCCC(C)C1. The van der Waals surface area contributed by atoms with Gasteiger partial charge in [-0.2, -0.15) is 0 Å². The number of nitrogens with one attached hydrogen (secondary N) is 1. The molecule has 2 unspecified atom stereocenters. The van der Waals surface area contributed by atoms with Crippen molar-refractivity contribution in [1.82, 2.24) is 5.32 Å². The van der Waals surface area contributed by atoms with Crippen LogP contribution in [0, 0.1) is 12.8 Å². The van der Waals surface area contributed by atoms with E-state index in [0.29, 0.717) is 6.10 Å². The molecule has 1 fully saturated rings. The number of benzene rings is 1. The number of aryl methyl sites for hydroxylation is 1. The first-order valence-corrected chi connectivity index (χ1v) is 8.15. The van der Waals surface area contributed by atoms with Crippen LogP contribution in [-0.2, 0) is 11.3 Å². The smallest absolute Gasteiger partial charge is 0.124 e. The van der Waals surface area contributed by atoms with Crippen LogP contribution in [0.5, 0.6) is 5.75 Å². The van der Waals surface area contributed by atoms with Gasteiger partial charge in [0.05, 0.1) is 12.7 Å². The Morgan fingerprint density at radius 1 is 1.29 bits per heavy atom. The quantitative estimate of drug-likeness (QED) is 0.777. The first kappa shape index (κ1) is 16.3. The van der Waals surface area contributed by atoms with Gasteiger partial charge in [0.15, 0.2) is 0 Å². The number of hydrogen-bond donors (Lipinski definition) is 1. The van der Waals surface area contributed by atoms with E-state index >= 15 is 0 Å². The van der Waals surface area contributed by atoms with E-state index in [0.717, 1.165) is 31.4 Å². The largest absolute Gasteiger partial charge is 0.490 e. The Balaban J connectivity index is 1.96. The monoisotopic (exact) mass is 291 g/mol. The summed E-state index contributed by atoms with van der Waals surface area (Å²) in [5.74, 6) is 1.84. The maximum atomic E-state index is 6.30. The highest BCUT2D eigenvalue weighted by molar-refractivity contribution is 5.37. The molecule has 2 rings (SSSR count). The highest BCUT2D eigenvalue weighted by atomic mass is 16.5. The molecule has 0 saturated heterocycles. The molecule has 0 aromatic heterocycles. The second-order valence-corrected chi connectivity index (χ2v) is 6.29. The Labute approximate surface area is 129 Å². The molecule has 0 amide bonds. The standard InChI is InChI=1S/C18H29NO2/c1-14-5-4-6-17(12-14)21-18-8-7-15(2)11-16(18)13-19-9-10-20-3/h7-8,11,14,17,19H,4-6,9-10,12-13H2,1-3H3. The highest BCUT2D eigenvalue weighted by Crippen LogP contribution is 2.29. The minimum absolute atomic E-state index is 0.384. The van der Waals surface area contributed by atoms with Crippen LogP contribution in [0.25, 0.3) is 0 Å². The highest BCUT2D eigenvalue weighted by Gasteiger charge is 2.21. The zero-order chi connectivity index (χ0) is 15.1. The minimum atomic E-state index is 0.384. The van der Waals surface area contributed by atoms with Gasteiger partial charge in [-0.15, -0.1) is 0 Å². The Hall–Kier alpha value is -1.06. The van der Waals surface area contributed by atoms with E-state index in [2.05, 4.69) is 37.4 Å². The molecule has 1 aliphatic rings. The van der Waals surface area contributed by atoms with Crippen LogP contribution in [0.2, 0.25) is 0 Å².